The van der Waals surface area contributed by atoms with Gasteiger partial charge in [-0.2, -0.15) is 0 Å². The summed E-state index contributed by atoms with van der Waals surface area (Å²) in [5.41, 5.74) is 4.74. The van der Waals surface area contributed by atoms with Crippen molar-refractivity contribution in [2.45, 2.75) is 44.2 Å². The summed E-state index contributed by atoms with van der Waals surface area (Å²) in [5, 5.41) is 22.6. The molecule has 0 bridgehead atoms. The molecule has 0 amide bonds. The highest BCUT2D eigenvalue weighted by molar-refractivity contribution is 5.55. The topological polar surface area (TPSA) is 68.2 Å². The maximum atomic E-state index is 11.9. The molecule has 206 valence electrons. The van der Waals surface area contributed by atoms with Crippen molar-refractivity contribution in [3.8, 4) is 0 Å². The summed E-state index contributed by atoms with van der Waals surface area (Å²) >= 11 is 0. The van der Waals surface area contributed by atoms with E-state index in [1.165, 1.54) is 0 Å². The van der Waals surface area contributed by atoms with Crippen molar-refractivity contribution in [1.82, 2.24) is 0 Å². The second-order valence-corrected chi connectivity index (χ2v) is 10.1. The summed E-state index contributed by atoms with van der Waals surface area (Å²) in [7, 11) is 0. The van der Waals surface area contributed by atoms with E-state index < -0.39 is 30.3 Å². The van der Waals surface area contributed by atoms with Crippen LogP contribution in [0.15, 0.2) is 127 Å². The Morgan fingerprint density at radius 2 is 0.975 bits per heavy atom. The highest BCUT2D eigenvalue weighted by Crippen LogP contribution is 2.38. The molecule has 0 saturated heterocycles. The van der Waals surface area contributed by atoms with Crippen LogP contribution in [0.5, 0.6) is 0 Å². The van der Waals surface area contributed by atoms with Gasteiger partial charge in [0, 0.05) is 5.92 Å². The third kappa shape index (κ3) is 7.13. The molecule has 5 rings (SSSR count). The lowest BCUT2D eigenvalue weighted by atomic mass is 9.75. The monoisotopic (exact) mass is 536 g/mol. The third-order valence-corrected chi connectivity index (χ3v) is 7.30. The van der Waals surface area contributed by atoms with Crippen molar-refractivity contribution in [3.05, 3.63) is 149 Å². The summed E-state index contributed by atoms with van der Waals surface area (Å²) in [6, 6.07) is 39.5. The van der Waals surface area contributed by atoms with E-state index in [9.17, 15) is 10.2 Å². The number of hydrogen-bond acceptors (Lipinski definition) is 5. The summed E-state index contributed by atoms with van der Waals surface area (Å²) < 4.78 is 19.3. The first-order valence-electron chi connectivity index (χ1n) is 13.7. The fraction of sp³-hybridized carbons (Fsp3) is 0.257. The SMILES string of the molecule is OC[C@H]1/C(=C\c2ccccc2)C(OCc2ccccc2)[C@@H](O)[C@@H](OCc2ccccc2)[C@@H]1OCc1ccccc1. The van der Waals surface area contributed by atoms with Crippen LogP contribution in [0.3, 0.4) is 0 Å². The molecule has 0 aliphatic heterocycles. The Bertz CT molecular complexity index is 1310. The minimum absolute atomic E-state index is 0.179. The molecule has 1 fully saturated rings. The van der Waals surface area contributed by atoms with Crippen molar-refractivity contribution in [3.63, 3.8) is 0 Å². The van der Waals surface area contributed by atoms with Crippen LogP contribution in [0, 0.1) is 5.92 Å². The molecule has 1 saturated carbocycles. The molecule has 1 unspecified atom stereocenters. The highest BCUT2D eigenvalue weighted by atomic mass is 16.6. The molecule has 0 radical (unpaired) electrons. The Labute approximate surface area is 236 Å². The molecule has 5 heteroatoms. The fourth-order valence-electron chi connectivity index (χ4n) is 5.23. The van der Waals surface area contributed by atoms with Gasteiger partial charge in [0.2, 0.25) is 0 Å². The van der Waals surface area contributed by atoms with Gasteiger partial charge in [-0.05, 0) is 27.8 Å². The Kier molecular flexibility index (Phi) is 9.91. The number of benzene rings is 4. The summed E-state index contributed by atoms with van der Waals surface area (Å²) in [6.07, 6.45) is -1.04. The van der Waals surface area contributed by atoms with Gasteiger partial charge in [0.15, 0.2) is 0 Å². The van der Waals surface area contributed by atoms with E-state index in [-0.39, 0.29) is 6.61 Å². The molecule has 2 N–H and O–H groups in total. The third-order valence-electron chi connectivity index (χ3n) is 7.30. The fourth-order valence-corrected chi connectivity index (χ4v) is 5.23. The van der Waals surface area contributed by atoms with E-state index in [1.807, 2.05) is 127 Å². The van der Waals surface area contributed by atoms with E-state index in [4.69, 9.17) is 14.2 Å². The molecule has 1 aliphatic carbocycles. The first kappa shape index (κ1) is 28.0. The normalized spacial score (nSPS) is 23.8. The van der Waals surface area contributed by atoms with Crippen molar-refractivity contribution in [2.75, 3.05) is 6.61 Å². The van der Waals surface area contributed by atoms with Crippen LogP contribution >= 0.6 is 0 Å². The summed E-state index contributed by atoms with van der Waals surface area (Å²) in [6.45, 7) is 0.762. The molecular formula is C35H36O5. The van der Waals surface area contributed by atoms with Crippen LogP contribution in [0.25, 0.3) is 6.08 Å². The van der Waals surface area contributed by atoms with Gasteiger partial charge in [0.25, 0.3) is 0 Å². The van der Waals surface area contributed by atoms with Gasteiger partial charge in [0.1, 0.15) is 18.3 Å². The van der Waals surface area contributed by atoms with E-state index in [1.54, 1.807) is 0 Å². The molecule has 5 nitrogen and oxygen atoms in total. The maximum Gasteiger partial charge on any atom is 0.113 e. The molecule has 0 aromatic heterocycles. The Balaban J connectivity index is 1.49. The van der Waals surface area contributed by atoms with Crippen LogP contribution < -0.4 is 0 Å². The molecule has 4 aromatic rings. The predicted molar refractivity (Wildman–Crippen MR) is 156 cm³/mol. The molecule has 40 heavy (non-hydrogen) atoms. The van der Waals surface area contributed by atoms with Crippen molar-refractivity contribution >= 4 is 6.08 Å². The Morgan fingerprint density at radius 1 is 0.550 bits per heavy atom. The molecular weight excluding hydrogens is 500 g/mol. The highest BCUT2D eigenvalue weighted by Gasteiger charge is 2.49. The summed E-state index contributed by atoms with van der Waals surface area (Å²) in [4.78, 5) is 0. The van der Waals surface area contributed by atoms with Gasteiger partial charge < -0.3 is 24.4 Å². The van der Waals surface area contributed by atoms with Gasteiger partial charge in [-0.25, -0.2) is 0 Å². The zero-order valence-corrected chi connectivity index (χ0v) is 22.5. The van der Waals surface area contributed by atoms with Crippen LogP contribution in [0.4, 0.5) is 0 Å². The van der Waals surface area contributed by atoms with E-state index in [2.05, 4.69) is 0 Å². The second-order valence-electron chi connectivity index (χ2n) is 10.1. The molecule has 4 aromatic carbocycles. The molecule has 5 atom stereocenters. The van der Waals surface area contributed by atoms with Crippen LogP contribution in [-0.4, -0.2) is 41.2 Å². The quantitative estimate of drug-likeness (QED) is 0.253. The van der Waals surface area contributed by atoms with Crippen molar-refractivity contribution < 1.29 is 24.4 Å². The van der Waals surface area contributed by atoms with E-state index in [0.29, 0.717) is 19.8 Å². The smallest absolute Gasteiger partial charge is 0.113 e. The average molecular weight is 537 g/mol. The number of ether oxygens (including phenoxy) is 3. The predicted octanol–water partition coefficient (Wildman–Crippen LogP) is 5.81. The first-order chi connectivity index (χ1) is 19.7. The largest absolute Gasteiger partial charge is 0.396 e. The lowest BCUT2D eigenvalue weighted by Crippen LogP contribution is -2.58. The zero-order valence-electron chi connectivity index (χ0n) is 22.5. The number of rotatable bonds is 11. The lowest BCUT2D eigenvalue weighted by molar-refractivity contribution is -0.196. The van der Waals surface area contributed by atoms with Gasteiger partial charge in [-0.15, -0.1) is 0 Å². The molecule has 1 aliphatic rings. The average Bonchev–Trinajstić information content (AvgIpc) is 3.01. The van der Waals surface area contributed by atoms with Gasteiger partial charge in [-0.3, -0.25) is 0 Å². The van der Waals surface area contributed by atoms with Crippen molar-refractivity contribution in [2.24, 2.45) is 5.92 Å². The van der Waals surface area contributed by atoms with Gasteiger partial charge in [-0.1, -0.05) is 127 Å². The summed E-state index contributed by atoms with van der Waals surface area (Å²) in [5.74, 6) is -0.450. The Morgan fingerprint density at radius 3 is 1.45 bits per heavy atom. The van der Waals surface area contributed by atoms with E-state index >= 15 is 0 Å². The van der Waals surface area contributed by atoms with Gasteiger partial charge >= 0.3 is 0 Å². The number of aliphatic hydroxyl groups excluding tert-OH is 2. The lowest BCUT2D eigenvalue weighted by Gasteiger charge is -2.45. The first-order valence-corrected chi connectivity index (χ1v) is 13.7. The van der Waals surface area contributed by atoms with Crippen molar-refractivity contribution in [1.29, 1.82) is 0 Å². The number of hydrogen-bond donors (Lipinski definition) is 2. The minimum Gasteiger partial charge on any atom is -0.396 e. The second kappa shape index (κ2) is 14.2. The molecule has 0 heterocycles. The minimum atomic E-state index is -1.02. The van der Waals surface area contributed by atoms with E-state index in [0.717, 1.165) is 27.8 Å². The van der Waals surface area contributed by atoms with Crippen LogP contribution in [0.2, 0.25) is 0 Å². The van der Waals surface area contributed by atoms with Crippen LogP contribution in [0.1, 0.15) is 22.3 Å². The zero-order chi connectivity index (χ0) is 27.6. The number of aliphatic hydroxyl groups is 2. The standard InChI is InChI=1S/C35H36O5/c36-22-31-30(21-26-13-5-1-6-14-26)33(38-23-27-15-7-2-8-16-27)32(37)35(40-25-29-19-11-4-12-20-29)34(31)39-24-28-17-9-3-10-18-28/h1-21,31-37H,22-25H2/b30-21+/t31-,32+,33?,34+,35+/m0/s1. The Hall–Kier alpha value is -3.58. The maximum absolute atomic E-state index is 11.9. The van der Waals surface area contributed by atoms with Crippen LogP contribution in [-0.2, 0) is 34.0 Å². The molecule has 0 spiro atoms. The van der Waals surface area contributed by atoms with Gasteiger partial charge in [0.05, 0.1) is 32.5 Å².